The van der Waals surface area contributed by atoms with Gasteiger partial charge in [0.2, 0.25) is 5.95 Å². The van der Waals surface area contributed by atoms with Gasteiger partial charge < -0.3 is 14.8 Å². The van der Waals surface area contributed by atoms with E-state index < -0.39 is 0 Å². The Morgan fingerprint density at radius 3 is 2.72 bits per heavy atom. The minimum absolute atomic E-state index is 0.269. The van der Waals surface area contributed by atoms with E-state index in [0.29, 0.717) is 12.6 Å². The summed E-state index contributed by atoms with van der Waals surface area (Å²) < 4.78 is 14.0. The van der Waals surface area contributed by atoms with Gasteiger partial charge in [0.1, 0.15) is 23.6 Å². The average molecular weight is 424 g/mol. The number of anilines is 1. The lowest BCUT2D eigenvalue weighted by Gasteiger charge is -2.38. The highest BCUT2D eigenvalue weighted by molar-refractivity contribution is 5.85. The van der Waals surface area contributed by atoms with Gasteiger partial charge in [-0.1, -0.05) is 35.4 Å². The van der Waals surface area contributed by atoms with Gasteiger partial charge in [-0.15, -0.1) is 0 Å². The van der Waals surface area contributed by atoms with Crippen molar-refractivity contribution >= 4 is 11.6 Å². The van der Waals surface area contributed by atoms with Gasteiger partial charge in [-0.25, -0.2) is 0 Å². The summed E-state index contributed by atoms with van der Waals surface area (Å²) in [6, 6.07) is 19.7. The highest BCUT2D eigenvalue weighted by atomic mass is 16.5. The van der Waals surface area contributed by atoms with Crippen LogP contribution < -0.4 is 14.8 Å². The van der Waals surface area contributed by atoms with E-state index in [9.17, 15) is 0 Å². The van der Waals surface area contributed by atoms with E-state index in [1.807, 2.05) is 73.8 Å². The molecule has 2 atom stereocenters. The molecule has 0 unspecified atom stereocenters. The third-order valence-electron chi connectivity index (χ3n) is 5.74. The summed E-state index contributed by atoms with van der Waals surface area (Å²) in [7, 11) is 0. The number of aromatic nitrogens is 5. The second-order valence-corrected chi connectivity index (χ2v) is 7.59. The number of rotatable bonds is 4. The zero-order chi connectivity index (χ0) is 21.5. The molecule has 1 N–H and O–H groups in total. The van der Waals surface area contributed by atoms with E-state index in [1.54, 1.807) is 10.9 Å². The Labute approximate surface area is 184 Å². The molecule has 0 saturated carbocycles. The van der Waals surface area contributed by atoms with Crippen LogP contribution in [-0.4, -0.2) is 31.8 Å². The van der Waals surface area contributed by atoms with Crippen molar-refractivity contribution < 1.29 is 9.47 Å². The number of ether oxygens (including phenoxy) is 2. The number of tetrazole rings is 1. The Kier molecular flexibility index (Phi) is 4.34. The van der Waals surface area contributed by atoms with Gasteiger partial charge in [-0.3, -0.25) is 4.98 Å². The van der Waals surface area contributed by atoms with Crippen LogP contribution in [0.25, 0.3) is 5.70 Å². The van der Waals surface area contributed by atoms with Crippen molar-refractivity contribution in [3.05, 3.63) is 95.3 Å². The predicted molar refractivity (Wildman–Crippen MR) is 118 cm³/mol. The Hall–Kier alpha value is -4.20. The van der Waals surface area contributed by atoms with Crippen LogP contribution in [0, 0.1) is 0 Å². The van der Waals surface area contributed by atoms with Crippen LogP contribution in [0.1, 0.15) is 35.8 Å². The summed E-state index contributed by atoms with van der Waals surface area (Å²) in [6.45, 7) is 2.60. The molecule has 2 aliphatic heterocycles. The van der Waals surface area contributed by atoms with Crippen LogP contribution in [0.5, 0.6) is 11.5 Å². The molecule has 2 aromatic carbocycles. The third kappa shape index (κ3) is 2.91. The summed E-state index contributed by atoms with van der Waals surface area (Å²) >= 11 is 0. The first-order valence-electron chi connectivity index (χ1n) is 10.5. The Morgan fingerprint density at radius 2 is 1.91 bits per heavy atom. The van der Waals surface area contributed by atoms with E-state index in [-0.39, 0.29) is 12.1 Å². The molecular formula is C24H20N6O2. The van der Waals surface area contributed by atoms with Crippen molar-refractivity contribution in [2.75, 3.05) is 11.9 Å². The predicted octanol–water partition coefficient (Wildman–Crippen LogP) is 4.03. The molecule has 0 radical (unpaired) electrons. The molecule has 6 rings (SSSR count). The third-order valence-corrected chi connectivity index (χ3v) is 5.74. The molecule has 4 aromatic rings. The largest absolute Gasteiger partial charge is 0.494 e. The van der Waals surface area contributed by atoms with Crippen LogP contribution in [0.3, 0.4) is 0 Å². The highest BCUT2D eigenvalue weighted by Gasteiger charge is 2.41. The SMILES string of the molecule is CCOc1ccc([C@H]2Oc3ccccc3C3=C2[C@@H](c2cccnc2)n2nnnc2N3)cc1. The van der Waals surface area contributed by atoms with Crippen molar-refractivity contribution in [1.82, 2.24) is 25.2 Å². The molecule has 0 bridgehead atoms. The lowest BCUT2D eigenvalue weighted by molar-refractivity contribution is 0.222. The van der Waals surface area contributed by atoms with Gasteiger partial charge in [0.15, 0.2) is 0 Å². The van der Waals surface area contributed by atoms with Crippen LogP contribution in [0.2, 0.25) is 0 Å². The van der Waals surface area contributed by atoms with Crippen molar-refractivity contribution in [3.63, 3.8) is 0 Å². The first kappa shape index (κ1) is 18.6. The standard InChI is InChI=1S/C24H20N6O2/c1-2-31-17-11-9-15(10-12-17)23-20-21(18-7-3-4-8-19(18)32-23)26-24-27-28-29-30(24)22(20)16-6-5-13-25-14-16/h3-14,22-23H,2H2,1H3,(H,26,27,29)/t22-,23-/m1/s1. The smallest absolute Gasteiger partial charge is 0.248 e. The van der Waals surface area contributed by atoms with Gasteiger partial charge in [-0.2, -0.15) is 4.68 Å². The van der Waals surface area contributed by atoms with Crippen LogP contribution in [0.4, 0.5) is 5.95 Å². The zero-order valence-corrected chi connectivity index (χ0v) is 17.3. The molecule has 0 aliphatic carbocycles. The Morgan fingerprint density at radius 1 is 1.03 bits per heavy atom. The summed E-state index contributed by atoms with van der Waals surface area (Å²) in [5.74, 6) is 2.22. The summed E-state index contributed by atoms with van der Waals surface area (Å²) in [6.07, 6.45) is 3.27. The highest BCUT2D eigenvalue weighted by Crippen LogP contribution is 2.50. The van der Waals surface area contributed by atoms with Gasteiger partial charge in [-0.05, 0) is 58.8 Å². The van der Waals surface area contributed by atoms with Crippen LogP contribution in [-0.2, 0) is 0 Å². The van der Waals surface area contributed by atoms with Crippen LogP contribution >= 0.6 is 0 Å². The lowest BCUT2D eigenvalue weighted by Crippen LogP contribution is -2.32. The van der Waals surface area contributed by atoms with Crippen molar-refractivity contribution in [3.8, 4) is 11.5 Å². The van der Waals surface area contributed by atoms with Gasteiger partial charge in [0.05, 0.1) is 12.3 Å². The summed E-state index contributed by atoms with van der Waals surface area (Å²) in [5.41, 5.74) is 4.96. The van der Waals surface area contributed by atoms with Gasteiger partial charge in [0.25, 0.3) is 0 Å². The zero-order valence-electron chi connectivity index (χ0n) is 17.3. The number of hydrogen-bond donors (Lipinski definition) is 1. The maximum atomic E-state index is 6.59. The number of hydrogen-bond acceptors (Lipinski definition) is 7. The number of benzene rings is 2. The first-order chi connectivity index (χ1) is 15.8. The van der Waals surface area contributed by atoms with E-state index in [2.05, 4.69) is 25.8 Å². The summed E-state index contributed by atoms with van der Waals surface area (Å²) in [5, 5.41) is 15.9. The van der Waals surface area contributed by atoms with Crippen molar-refractivity contribution in [1.29, 1.82) is 0 Å². The molecule has 0 amide bonds. The monoisotopic (exact) mass is 424 g/mol. The molecule has 2 aromatic heterocycles. The Balaban J connectivity index is 1.57. The minimum Gasteiger partial charge on any atom is -0.494 e. The fourth-order valence-electron chi connectivity index (χ4n) is 4.38. The summed E-state index contributed by atoms with van der Waals surface area (Å²) in [4.78, 5) is 4.35. The topological polar surface area (TPSA) is 87.0 Å². The Bertz CT molecular complexity index is 1300. The molecule has 8 nitrogen and oxygen atoms in total. The van der Waals surface area contributed by atoms with Gasteiger partial charge >= 0.3 is 0 Å². The van der Waals surface area contributed by atoms with E-state index in [0.717, 1.165) is 39.5 Å². The number of pyridine rings is 1. The van der Waals surface area contributed by atoms with Crippen molar-refractivity contribution in [2.45, 2.75) is 19.1 Å². The number of fused-ring (bicyclic) bond motifs is 3. The molecule has 4 heterocycles. The number of nitrogens with one attached hydrogen (secondary N) is 1. The van der Waals surface area contributed by atoms with Crippen LogP contribution in [0.15, 0.2) is 78.6 Å². The maximum Gasteiger partial charge on any atom is 0.248 e. The van der Waals surface area contributed by atoms with E-state index in [1.165, 1.54) is 0 Å². The molecule has 0 fully saturated rings. The molecule has 0 spiro atoms. The second kappa shape index (κ2) is 7.49. The molecule has 32 heavy (non-hydrogen) atoms. The van der Waals surface area contributed by atoms with E-state index >= 15 is 0 Å². The molecular weight excluding hydrogens is 404 g/mol. The average Bonchev–Trinajstić information content (AvgIpc) is 3.32. The molecule has 158 valence electrons. The lowest BCUT2D eigenvalue weighted by atomic mass is 9.85. The second-order valence-electron chi connectivity index (χ2n) is 7.59. The maximum absolute atomic E-state index is 6.59. The quantitative estimate of drug-likeness (QED) is 0.529. The molecule has 0 saturated heterocycles. The minimum atomic E-state index is -0.342. The van der Waals surface area contributed by atoms with Gasteiger partial charge in [0, 0.05) is 23.5 Å². The van der Waals surface area contributed by atoms with E-state index in [4.69, 9.17) is 9.47 Å². The fraction of sp³-hybridized carbons (Fsp3) is 0.167. The van der Waals surface area contributed by atoms with Crippen molar-refractivity contribution in [2.24, 2.45) is 0 Å². The normalized spacial score (nSPS) is 18.7. The fourth-order valence-corrected chi connectivity index (χ4v) is 4.38. The molecule has 2 aliphatic rings. The first-order valence-corrected chi connectivity index (χ1v) is 10.5. The molecule has 8 heteroatoms. The number of nitrogens with zero attached hydrogens (tertiary/aromatic N) is 5. The number of para-hydroxylation sites is 1.